The van der Waals surface area contributed by atoms with Gasteiger partial charge in [-0.3, -0.25) is 4.79 Å². The van der Waals surface area contributed by atoms with Gasteiger partial charge in [0.25, 0.3) is 0 Å². The summed E-state index contributed by atoms with van der Waals surface area (Å²) in [5.41, 5.74) is 4.94. The Balaban J connectivity index is 2.31. The number of ether oxygens (including phenoxy) is 2. The molecule has 0 aliphatic heterocycles. The van der Waals surface area contributed by atoms with E-state index < -0.39 is 5.54 Å². The van der Waals surface area contributed by atoms with Crippen LogP contribution in [0, 0.1) is 11.8 Å². The molecular formula is C14H27NO3. The van der Waals surface area contributed by atoms with Gasteiger partial charge >= 0.3 is 5.97 Å². The predicted molar refractivity (Wildman–Crippen MR) is 71.1 cm³/mol. The summed E-state index contributed by atoms with van der Waals surface area (Å²) in [5, 5.41) is 0. The van der Waals surface area contributed by atoms with Gasteiger partial charge < -0.3 is 15.2 Å². The predicted octanol–water partition coefficient (Wildman–Crippen LogP) is 2.11. The van der Waals surface area contributed by atoms with Gasteiger partial charge in [0, 0.05) is 6.61 Å². The zero-order valence-electron chi connectivity index (χ0n) is 12.1. The smallest absolute Gasteiger partial charge is 0.325 e. The maximum atomic E-state index is 11.4. The van der Waals surface area contributed by atoms with Crippen LogP contribution in [0.2, 0.25) is 0 Å². The molecule has 3 unspecified atom stereocenters. The first-order valence-electron chi connectivity index (χ1n) is 6.84. The molecule has 18 heavy (non-hydrogen) atoms. The van der Waals surface area contributed by atoms with Crippen molar-refractivity contribution in [2.24, 2.45) is 17.6 Å². The third kappa shape index (κ3) is 4.58. The molecule has 4 nitrogen and oxygen atoms in total. The number of hydrogen-bond acceptors (Lipinski definition) is 4. The van der Waals surface area contributed by atoms with Crippen molar-refractivity contribution in [2.75, 3.05) is 13.7 Å². The summed E-state index contributed by atoms with van der Waals surface area (Å²) >= 11 is 0. The fraction of sp³-hybridized carbons (Fsp3) is 0.929. The summed E-state index contributed by atoms with van der Waals surface area (Å²) in [7, 11) is 1.36. The third-order valence-electron chi connectivity index (χ3n) is 3.76. The highest BCUT2D eigenvalue weighted by atomic mass is 16.5. The Morgan fingerprint density at radius 1 is 1.28 bits per heavy atom. The number of hydrogen-bond donors (Lipinski definition) is 1. The molecule has 1 rings (SSSR count). The van der Waals surface area contributed by atoms with Crippen molar-refractivity contribution in [2.45, 2.75) is 58.1 Å². The molecule has 106 valence electrons. The fourth-order valence-electron chi connectivity index (χ4n) is 2.78. The Morgan fingerprint density at radius 2 is 1.83 bits per heavy atom. The van der Waals surface area contributed by atoms with E-state index in [4.69, 9.17) is 10.5 Å². The topological polar surface area (TPSA) is 61.5 Å². The van der Waals surface area contributed by atoms with Crippen LogP contribution in [0.15, 0.2) is 0 Å². The van der Waals surface area contributed by atoms with E-state index in [-0.39, 0.29) is 5.97 Å². The Morgan fingerprint density at radius 3 is 2.33 bits per heavy atom. The maximum absolute atomic E-state index is 11.4. The number of nitrogens with two attached hydrogens (primary N) is 1. The second-order valence-electron chi connectivity index (χ2n) is 6.07. The van der Waals surface area contributed by atoms with Crippen LogP contribution in [0.25, 0.3) is 0 Å². The Kier molecular flexibility index (Phi) is 5.60. The second-order valence-corrected chi connectivity index (χ2v) is 6.07. The second kappa shape index (κ2) is 6.53. The third-order valence-corrected chi connectivity index (χ3v) is 3.76. The number of methoxy groups -OCH3 is 1. The molecule has 0 radical (unpaired) electrons. The lowest BCUT2D eigenvalue weighted by Crippen LogP contribution is -2.46. The standard InChI is InChI=1S/C14H27NO3/c1-10-7-11(2)9-12(8-10)18-6-5-14(3,15)13(16)17-4/h10-12H,5-9,15H2,1-4H3. The summed E-state index contributed by atoms with van der Waals surface area (Å²) < 4.78 is 10.5. The monoisotopic (exact) mass is 257 g/mol. The summed E-state index contributed by atoms with van der Waals surface area (Å²) in [6.45, 7) is 6.75. The van der Waals surface area contributed by atoms with Crippen LogP contribution < -0.4 is 5.73 Å². The molecule has 0 aromatic heterocycles. The summed E-state index contributed by atoms with van der Waals surface area (Å²) in [5.74, 6) is 1.07. The number of carbonyl (C=O) groups excluding carboxylic acids is 1. The van der Waals surface area contributed by atoms with Gasteiger partial charge in [0.05, 0.1) is 13.2 Å². The molecule has 0 saturated heterocycles. The molecule has 1 aliphatic rings. The minimum absolute atomic E-state index is 0.317. The molecule has 1 aliphatic carbocycles. The van der Waals surface area contributed by atoms with Crippen molar-refractivity contribution in [3.05, 3.63) is 0 Å². The lowest BCUT2D eigenvalue weighted by atomic mass is 9.82. The SMILES string of the molecule is COC(=O)C(C)(N)CCOC1CC(C)CC(C)C1. The largest absolute Gasteiger partial charge is 0.468 e. The van der Waals surface area contributed by atoms with Gasteiger partial charge in [0.2, 0.25) is 0 Å². The van der Waals surface area contributed by atoms with Gasteiger partial charge in [-0.15, -0.1) is 0 Å². The van der Waals surface area contributed by atoms with Gasteiger partial charge in [-0.1, -0.05) is 13.8 Å². The number of esters is 1. The molecule has 0 aromatic carbocycles. The van der Waals surface area contributed by atoms with Crippen LogP contribution in [0.3, 0.4) is 0 Å². The summed E-state index contributed by atoms with van der Waals surface area (Å²) in [4.78, 5) is 11.4. The van der Waals surface area contributed by atoms with Crippen LogP contribution in [-0.4, -0.2) is 31.3 Å². The number of rotatable bonds is 5. The van der Waals surface area contributed by atoms with E-state index in [1.165, 1.54) is 13.5 Å². The molecular weight excluding hydrogens is 230 g/mol. The zero-order chi connectivity index (χ0) is 13.8. The van der Waals surface area contributed by atoms with Crippen molar-refractivity contribution in [3.63, 3.8) is 0 Å². The maximum Gasteiger partial charge on any atom is 0.325 e. The lowest BCUT2D eigenvalue weighted by molar-refractivity contribution is -0.147. The molecule has 4 heteroatoms. The molecule has 1 fully saturated rings. The van der Waals surface area contributed by atoms with E-state index in [1.807, 2.05) is 0 Å². The highest BCUT2D eigenvalue weighted by Crippen LogP contribution is 2.30. The van der Waals surface area contributed by atoms with Crippen molar-refractivity contribution in [1.82, 2.24) is 0 Å². The Bertz CT molecular complexity index is 268. The summed E-state index contributed by atoms with van der Waals surface area (Å²) in [6.07, 6.45) is 4.33. The van der Waals surface area contributed by atoms with E-state index in [9.17, 15) is 4.79 Å². The molecule has 0 heterocycles. The van der Waals surface area contributed by atoms with Crippen molar-refractivity contribution >= 4 is 5.97 Å². The van der Waals surface area contributed by atoms with Gasteiger partial charge in [0.1, 0.15) is 5.54 Å². The van der Waals surface area contributed by atoms with Gasteiger partial charge in [-0.25, -0.2) is 0 Å². The van der Waals surface area contributed by atoms with Crippen LogP contribution in [-0.2, 0) is 14.3 Å². The van der Waals surface area contributed by atoms with E-state index in [2.05, 4.69) is 18.6 Å². The first-order valence-corrected chi connectivity index (χ1v) is 6.84. The van der Waals surface area contributed by atoms with Crippen molar-refractivity contribution < 1.29 is 14.3 Å². The normalized spacial score (nSPS) is 31.7. The molecule has 0 bridgehead atoms. The van der Waals surface area contributed by atoms with Gasteiger partial charge in [-0.2, -0.15) is 0 Å². The Labute approximate surface area is 110 Å². The van der Waals surface area contributed by atoms with Crippen LogP contribution in [0.1, 0.15) is 46.5 Å². The number of carbonyl (C=O) groups is 1. The Hall–Kier alpha value is -0.610. The first kappa shape index (κ1) is 15.4. The highest BCUT2D eigenvalue weighted by Gasteiger charge is 2.30. The first-order chi connectivity index (χ1) is 8.35. The van der Waals surface area contributed by atoms with E-state index in [0.29, 0.717) is 19.1 Å². The minimum Gasteiger partial charge on any atom is -0.468 e. The quantitative estimate of drug-likeness (QED) is 0.766. The summed E-state index contributed by atoms with van der Waals surface area (Å²) in [6, 6.07) is 0. The van der Waals surface area contributed by atoms with Crippen molar-refractivity contribution in [1.29, 1.82) is 0 Å². The average Bonchev–Trinajstić information content (AvgIpc) is 2.26. The van der Waals surface area contributed by atoms with Gasteiger partial charge in [0.15, 0.2) is 0 Å². The minimum atomic E-state index is -0.944. The fourth-order valence-corrected chi connectivity index (χ4v) is 2.78. The van der Waals surface area contributed by atoms with Crippen LogP contribution in [0.4, 0.5) is 0 Å². The lowest BCUT2D eigenvalue weighted by Gasteiger charge is -2.32. The zero-order valence-corrected chi connectivity index (χ0v) is 12.1. The van der Waals surface area contributed by atoms with E-state index in [1.54, 1.807) is 6.92 Å². The molecule has 0 spiro atoms. The molecule has 1 saturated carbocycles. The van der Waals surface area contributed by atoms with Crippen molar-refractivity contribution in [3.8, 4) is 0 Å². The van der Waals surface area contributed by atoms with E-state index >= 15 is 0 Å². The highest BCUT2D eigenvalue weighted by molar-refractivity contribution is 5.79. The average molecular weight is 257 g/mol. The van der Waals surface area contributed by atoms with Gasteiger partial charge in [-0.05, 0) is 44.4 Å². The van der Waals surface area contributed by atoms with Crippen LogP contribution in [0.5, 0.6) is 0 Å². The molecule has 2 N–H and O–H groups in total. The van der Waals surface area contributed by atoms with E-state index in [0.717, 1.165) is 24.7 Å². The molecule has 0 amide bonds. The molecule has 0 aromatic rings. The van der Waals surface area contributed by atoms with Crippen LogP contribution >= 0.6 is 0 Å². The molecule has 3 atom stereocenters.